The van der Waals surface area contributed by atoms with Crippen molar-refractivity contribution in [2.45, 2.75) is 44.7 Å². The lowest BCUT2D eigenvalue weighted by Gasteiger charge is -2.32. The molecule has 2 N–H and O–H groups in total. The van der Waals surface area contributed by atoms with E-state index in [0.29, 0.717) is 25.6 Å². The fourth-order valence-corrected chi connectivity index (χ4v) is 4.31. The average Bonchev–Trinajstić information content (AvgIpc) is 3.19. The molecule has 1 saturated carbocycles. The summed E-state index contributed by atoms with van der Waals surface area (Å²) in [4.78, 5) is 1.99. The van der Waals surface area contributed by atoms with Crippen LogP contribution >= 0.6 is 0 Å². The number of nitrogens with zero attached hydrogens (tertiary/aromatic N) is 2. The molecule has 0 bridgehead atoms. The lowest BCUT2D eigenvalue weighted by Crippen LogP contribution is -2.50. The molecule has 2 fully saturated rings. The molecule has 6 nitrogen and oxygen atoms in total. The predicted octanol–water partition coefficient (Wildman–Crippen LogP) is 0.235. The van der Waals surface area contributed by atoms with Gasteiger partial charge in [-0.15, -0.1) is 0 Å². The predicted molar refractivity (Wildman–Crippen MR) is 85.4 cm³/mol. The summed E-state index contributed by atoms with van der Waals surface area (Å²) in [6.45, 7) is 4.94. The van der Waals surface area contributed by atoms with Crippen LogP contribution < -0.4 is 10.0 Å². The van der Waals surface area contributed by atoms with Crippen molar-refractivity contribution in [2.24, 2.45) is 5.92 Å². The number of hydrogen-bond acceptors (Lipinski definition) is 4. The van der Waals surface area contributed by atoms with Crippen LogP contribution in [0.5, 0.6) is 0 Å². The van der Waals surface area contributed by atoms with Crippen molar-refractivity contribution >= 4 is 10.2 Å². The largest absolute Gasteiger partial charge is 0.314 e. The smallest absolute Gasteiger partial charge is 0.279 e. The highest BCUT2D eigenvalue weighted by atomic mass is 32.2. The molecule has 1 unspecified atom stereocenters. The van der Waals surface area contributed by atoms with Gasteiger partial charge in [-0.25, -0.2) is 0 Å². The maximum atomic E-state index is 12.3. The zero-order valence-corrected chi connectivity index (χ0v) is 14.3. The molecule has 1 aliphatic heterocycles. The molecule has 1 saturated heterocycles. The van der Waals surface area contributed by atoms with Crippen LogP contribution in [0.25, 0.3) is 0 Å². The van der Waals surface area contributed by atoms with Crippen molar-refractivity contribution in [2.75, 3.05) is 40.3 Å². The summed E-state index contributed by atoms with van der Waals surface area (Å²) in [5.41, 5.74) is 0. The molecule has 124 valence electrons. The Bertz CT molecular complexity index is 415. The van der Waals surface area contributed by atoms with E-state index in [1.165, 1.54) is 12.8 Å². The number of nitrogens with one attached hydrogen (secondary N) is 2. The van der Waals surface area contributed by atoms with Gasteiger partial charge in [0, 0.05) is 31.7 Å². The third kappa shape index (κ3) is 5.83. The van der Waals surface area contributed by atoms with E-state index in [0.717, 1.165) is 25.4 Å². The van der Waals surface area contributed by atoms with E-state index >= 15 is 0 Å². The normalized spacial score (nSPS) is 23.6. The minimum absolute atomic E-state index is 0.0701. The summed E-state index contributed by atoms with van der Waals surface area (Å²) >= 11 is 0. The first-order valence-corrected chi connectivity index (χ1v) is 9.46. The molecule has 0 aromatic carbocycles. The molecule has 0 amide bonds. The van der Waals surface area contributed by atoms with Gasteiger partial charge in [0.2, 0.25) is 0 Å². The highest BCUT2D eigenvalue weighted by Gasteiger charge is 2.30. The van der Waals surface area contributed by atoms with E-state index in [1.807, 2.05) is 25.9 Å². The topological polar surface area (TPSA) is 64.7 Å². The first-order chi connectivity index (χ1) is 9.87. The Morgan fingerprint density at radius 1 is 1.19 bits per heavy atom. The molecule has 1 aliphatic carbocycles. The first-order valence-electron chi connectivity index (χ1n) is 8.02. The molecule has 0 aromatic rings. The Hall–Kier alpha value is -0.210. The van der Waals surface area contributed by atoms with E-state index in [2.05, 4.69) is 10.0 Å². The van der Waals surface area contributed by atoms with Gasteiger partial charge in [-0.05, 0) is 59.2 Å². The Balaban J connectivity index is 1.73. The fraction of sp³-hybridized carbons (Fsp3) is 1.00. The van der Waals surface area contributed by atoms with Crippen LogP contribution in [0.15, 0.2) is 0 Å². The number of rotatable bonds is 8. The molecule has 2 rings (SSSR count). The second kappa shape index (κ2) is 7.37. The first kappa shape index (κ1) is 17.1. The van der Waals surface area contributed by atoms with Gasteiger partial charge in [0.05, 0.1) is 0 Å². The van der Waals surface area contributed by atoms with Crippen molar-refractivity contribution < 1.29 is 8.42 Å². The summed E-state index contributed by atoms with van der Waals surface area (Å²) in [6.07, 6.45) is 4.53. The summed E-state index contributed by atoms with van der Waals surface area (Å²) < 4.78 is 29.1. The van der Waals surface area contributed by atoms with Gasteiger partial charge in [-0.1, -0.05) is 0 Å². The van der Waals surface area contributed by atoms with Gasteiger partial charge >= 0.3 is 0 Å². The van der Waals surface area contributed by atoms with E-state index in [4.69, 9.17) is 0 Å². The zero-order valence-electron chi connectivity index (χ0n) is 13.5. The Morgan fingerprint density at radius 3 is 2.33 bits per heavy atom. The third-order valence-electron chi connectivity index (χ3n) is 4.18. The van der Waals surface area contributed by atoms with Crippen molar-refractivity contribution in [1.29, 1.82) is 0 Å². The SMILES string of the molecule is CC(CN(C)C)NS(=O)(=O)N1CCC(CNC2CC2)CC1. The molecular formula is C14H30N4O2S. The van der Waals surface area contributed by atoms with Crippen LogP contribution in [0.2, 0.25) is 0 Å². The van der Waals surface area contributed by atoms with Crippen molar-refractivity contribution in [3.8, 4) is 0 Å². The minimum atomic E-state index is -3.33. The molecule has 1 atom stereocenters. The minimum Gasteiger partial charge on any atom is -0.314 e. The number of hydrogen-bond donors (Lipinski definition) is 2. The molecule has 0 aromatic heterocycles. The number of likely N-dealkylation sites (N-methyl/N-ethyl adjacent to an activating group) is 1. The van der Waals surface area contributed by atoms with Crippen LogP contribution in [0.3, 0.4) is 0 Å². The highest BCUT2D eigenvalue weighted by molar-refractivity contribution is 7.87. The summed E-state index contributed by atoms with van der Waals surface area (Å²) in [5.74, 6) is 0.622. The summed E-state index contributed by atoms with van der Waals surface area (Å²) in [7, 11) is 0.561. The Morgan fingerprint density at radius 2 is 1.81 bits per heavy atom. The lowest BCUT2D eigenvalue weighted by atomic mass is 9.98. The highest BCUT2D eigenvalue weighted by Crippen LogP contribution is 2.22. The van der Waals surface area contributed by atoms with Gasteiger partial charge < -0.3 is 10.2 Å². The molecular weight excluding hydrogens is 288 g/mol. The van der Waals surface area contributed by atoms with Gasteiger partial charge in [0.25, 0.3) is 10.2 Å². The van der Waals surface area contributed by atoms with E-state index < -0.39 is 10.2 Å². The quantitative estimate of drug-likeness (QED) is 0.673. The molecule has 1 heterocycles. The molecule has 21 heavy (non-hydrogen) atoms. The van der Waals surface area contributed by atoms with E-state index in [-0.39, 0.29) is 6.04 Å². The number of piperidine rings is 1. The molecule has 0 radical (unpaired) electrons. The second-order valence-corrected chi connectivity index (χ2v) is 8.51. The average molecular weight is 318 g/mol. The second-order valence-electron chi connectivity index (χ2n) is 6.81. The molecule has 7 heteroatoms. The van der Waals surface area contributed by atoms with Crippen molar-refractivity contribution in [1.82, 2.24) is 19.2 Å². The van der Waals surface area contributed by atoms with Gasteiger partial charge in [-0.2, -0.15) is 17.4 Å². The van der Waals surface area contributed by atoms with Crippen LogP contribution in [0.4, 0.5) is 0 Å². The summed E-state index contributed by atoms with van der Waals surface area (Å²) in [6, 6.07) is 0.666. The van der Waals surface area contributed by atoms with Gasteiger partial charge in [-0.3, -0.25) is 0 Å². The maximum absolute atomic E-state index is 12.3. The van der Waals surface area contributed by atoms with Crippen molar-refractivity contribution in [3.05, 3.63) is 0 Å². The summed E-state index contributed by atoms with van der Waals surface area (Å²) in [5, 5.41) is 3.54. The van der Waals surface area contributed by atoms with Gasteiger partial charge in [0.15, 0.2) is 0 Å². The van der Waals surface area contributed by atoms with Gasteiger partial charge in [0.1, 0.15) is 0 Å². The Kier molecular flexibility index (Phi) is 6.02. The van der Waals surface area contributed by atoms with Crippen LogP contribution in [0, 0.1) is 5.92 Å². The maximum Gasteiger partial charge on any atom is 0.279 e. The monoisotopic (exact) mass is 318 g/mol. The van der Waals surface area contributed by atoms with Crippen LogP contribution in [-0.2, 0) is 10.2 Å². The lowest BCUT2D eigenvalue weighted by molar-refractivity contribution is 0.262. The fourth-order valence-electron chi connectivity index (χ4n) is 2.89. The third-order valence-corrected chi connectivity index (χ3v) is 5.92. The van der Waals surface area contributed by atoms with E-state index in [9.17, 15) is 8.42 Å². The van der Waals surface area contributed by atoms with Crippen LogP contribution in [-0.4, -0.2) is 70.0 Å². The molecule has 0 spiro atoms. The molecule has 2 aliphatic rings. The van der Waals surface area contributed by atoms with Crippen molar-refractivity contribution in [3.63, 3.8) is 0 Å². The standard InChI is InChI=1S/C14H30N4O2S/c1-12(11-17(2)3)16-21(19,20)18-8-6-13(7-9-18)10-15-14-4-5-14/h12-16H,4-11H2,1-3H3. The van der Waals surface area contributed by atoms with Crippen LogP contribution in [0.1, 0.15) is 32.6 Å². The zero-order chi connectivity index (χ0) is 15.5. The Labute approximate surface area is 129 Å². The van der Waals surface area contributed by atoms with E-state index in [1.54, 1.807) is 4.31 Å².